The van der Waals surface area contributed by atoms with Gasteiger partial charge in [0.15, 0.2) is 0 Å². The van der Waals surface area contributed by atoms with Crippen molar-refractivity contribution < 1.29 is 14.3 Å². The summed E-state index contributed by atoms with van der Waals surface area (Å²) in [5.41, 5.74) is 5.68. The van der Waals surface area contributed by atoms with Crippen molar-refractivity contribution in [3.8, 4) is 0 Å². The first-order chi connectivity index (χ1) is 8.20. The average Bonchev–Trinajstić information content (AvgIpc) is 2.33. The Hall–Kier alpha value is -1.62. The summed E-state index contributed by atoms with van der Waals surface area (Å²) in [5.74, 6) is -0.881. The molecule has 0 spiro atoms. The van der Waals surface area contributed by atoms with Gasteiger partial charge >= 0.3 is 0 Å². The third-order valence-corrected chi connectivity index (χ3v) is 3.23. The number of aliphatic hydroxyl groups excluding tert-OH is 1. The normalized spacial score (nSPS) is 11.4. The molecule has 0 bridgehead atoms. The Labute approximate surface area is 106 Å². The van der Waals surface area contributed by atoms with Gasteiger partial charge in [0, 0.05) is 23.9 Å². The number of likely N-dealkylation sites (N-methyl/N-ethyl adjacent to an activating group) is 1. The number of hydrogen-bond donors (Lipinski definition) is 2. The van der Waals surface area contributed by atoms with Crippen LogP contribution in [0.3, 0.4) is 0 Å². The molecule has 0 fully saturated rings. The summed E-state index contributed by atoms with van der Waals surface area (Å²) in [5, 5.41) is 9.22. The minimum atomic E-state index is -0.715. The number of carbonyl (C=O) groups excluding carboxylic acids is 1. The fraction of sp³-hybridized carbons (Fsp3) is 0.462. The number of rotatable bonds is 3. The first kappa shape index (κ1) is 14.4. The second-order valence-corrected chi connectivity index (χ2v) is 5.01. The molecule has 3 N–H and O–H groups in total. The van der Waals surface area contributed by atoms with Gasteiger partial charge in [0.05, 0.1) is 12.1 Å². The fourth-order valence-electron chi connectivity index (χ4n) is 1.40. The van der Waals surface area contributed by atoms with E-state index in [2.05, 4.69) is 0 Å². The quantitative estimate of drug-likeness (QED) is 0.804. The molecule has 1 aromatic rings. The molecule has 100 valence electrons. The number of amides is 1. The number of nitrogens with two attached hydrogens (primary N) is 1. The Balaban J connectivity index is 3.12. The van der Waals surface area contributed by atoms with E-state index in [1.54, 1.807) is 27.8 Å². The van der Waals surface area contributed by atoms with Crippen LogP contribution < -0.4 is 5.73 Å². The van der Waals surface area contributed by atoms with Crippen LogP contribution in [-0.2, 0) is 0 Å². The summed E-state index contributed by atoms with van der Waals surface area (Å²) in [6.45, 7) is 4.82. The lowest BCUT2D eigenvalue weighted by molar-refractivity contribution is 0.0473. The molecule has 0 aliphatic heterocycles. The summed E-state index contributed by atoms with van der Waals surface area (Å²) in [6, 6.07) is 2.61. The van der Waals surface area contributed by atoms with Crippen molar-refractivity contribution in [2.75, 3.05) is 19.4 Å². The molecule has 0 aromatic heterocycles. The molecule has 18 heavy (non-hydrogen) atoms. The molecule has 0 aliphatic rings. The highest BCUT2D eigenvalue weighted by Crippen LogP contribution is 2.21. The van der Waals surface area contributed by atoms with E-state index in [1.807, 2.05) is 0 Å². The largest absolute Gasteiger partial charge is 0.398 e. The first-order valence-electron chi connectivity index (χ1n) is 5.65. The number of hydrogen-bond acceptors (Lipinski definition) is 3. The summed E-state index contributed by atoms with van der Waals surface area (Å²) in [6.07, 6.45) is 0. The molecule has 4 nitrogen and oxygen atoms in total. The Morgan fingerprint density at radius 3 is 2.50 bits per heavy atom. The van der Waals surface area contributed by atoms with Crippen LogP contribution in [0.25, 0.3) is 0 Å². The molecule has 0 saturated carbocycles. The Bertz CT molecular complexity index is 449. The van der Waals surface area contributed by atoms with E-state index in [0.717, 1.165) is 6.07 Å². The lowest BCUT2D eigenvalue weighted by Crippen LogP contribution is -2.47. The van der Waals surface area contributed by atoms with Gasteiger partial charge in [-0.25, -0.2) is 4.39 Å². The minimum Gasteiger partial charge on any atom is -0.398 e. The van der Waals surface area contributed by atoms with Crippen LogP contribution in [0.15, 0.2) is 12.1 Å². The second-order valence-electron chi connectivity index (χ2n) is 5.01. The van der Waals surface area contributed by atoms with Gasteiger partial charge in [0.1, 0.15) is 5.82 Å². The van der Waals surface area contributed by atoms with Gasteiger partial charge in [0.25, 0.3) is 5.91 Å². The number of nitrogen functional groups attached to an aromatic ring is 1. The van der Waals surface area contributed by atoms with E-state index in [0.29, 0.717) is 5.56 Å². The van der Waals surface area contributed by atoms with E-state index in [1.165, 1.54) is 11.0 Å². The zero-order chi connectivity index (χ0) is 14.1. The average molecular weight is 254 g/mol. The highest BCUT2D eigenvalue weighted by Gasteiger charge is 2.28. The maximum atomic E-state index is 13.5. The van der Waals surface area contributed by atoms with Crippen LogP contribution in [0, 0.1) is 12.7 Å². The molecule has 1 amide bonds. The topological polar surface area (TPSA) is 66.6 Å². The van der Waals surface area contributed by atoms with Crippen molar-refractivity contribution in [2.24, 2.45) is 0 Å². The van der Waals surface area contributed by atoms with E-state index >= 15 is 0 Å². The summed E-state index contributed by atoms with van der Waals surface area (Å²) < 4.78 is 13.5. The van der Waals surface area contributed by atoms with Crippen molar-refractivity contribution in [1.82, 2.24) is 4.90 Å². The van der Waals surface area contributed by atoms with Crippen molar-refractivity contribution in [2.45, 2.75) is 26.3 Å². The van der Waals surface area contributed by atoms with Crippen molar-refractivity contribution >= 4 is 11.6 Å². The van der Waals surface area contributed by atoms with E-state index in [4.69, 9.17) is 5.73 Å². The standard InChI is InChI=1S/C13H19FN2O2/c1-8-10(14)5-9(6-11(8)15)12(18)16(4)13(2,3)7-17/h5-6,17H,7,15H2,1-4H3. The van der Waals surface area contributed by atoms with Crippen LogP contribution in [0.4, 0.5) is 10.1 Å². The highest BCUT2D eigenvalue weighted by atomic mass is 19.1. The third-order valence-electron chi connectivity index (χ3n) is 3.23. The minimum absolute atomic E-state index is 0.180. The number of halogens is 1. The molecule has 0 radical (unpaired) electrons. The van der Waals surface area contributed by atoms with Gasteiger partial charge in [-0.15, -0.1) is 0 Å². The maximum Gasteiger partial charge on any atom is 0.254 e. The first-order valence-corrected chi connectivity index (χ1v) is 5.65. The van der Waals surface area contributed by atoms with Gasteiger partial charge < -0.3 is 15.7 Å². The summed E-state index contributed by atoms with van der Waals surface area (Å²) >= 11 is 0. The molecular weight excluding hydrogens is 235 g/mol. The number of nitrogens with zero attached hydrogens (tertiary/aromatic N) is 1. The fourth-order valence-corrected chi connectivity index (χ4v) is 1.40. The SMILES string of the molecule is Cc1c(N)cc(C(=O)N(C)C(C)(C)CO)cc1F. The number of carbonyl (C=O) groups is 1. The summed E-state index contributed by atoms with van der Waals surface area (Å²) in [4.78, 5) is 13.5. The Morgan fingerprint density at radius 1 is 1.50 bits per heavy atom. The molecule has 0 unspecified atom stereocenters. The second kappa shape index (κ2) is 4.94. The van der Waals surface area contributed by atoms with Gasteiger partial charge in [0.2, 0.25) is 0 Å². The van der Waals surface area contributed by atoms with Crippen LogP contribution >= 0.6 is 0 Å². The van der Waals surface area contributed by atoms with Crippen LogP contribution in [0.5, 0.6) is 0 Å². The third kappa shape index (κ3) is 2.61. The maximum absolute atomic E-state index is 13.5. The van der Waals surface area contributed by atoms with Crippen molar-refractivity contribution in [3.63, 3.8) is 0 Å². The predicted molar refractivity (Wildman–Crippen MR) is 68.8 cm³/mol. The van der Waals surface area contributed by atoms with Crippen LogP contribution in [0.2, 0.25) is 0 Å². The molecule has 0 atom stereocenters. The number of anilines is 1. The van der Waals surface area contributed by atoms with Crippen LogP contribution in [0.1, 0.15) is 29.8 Å². The van der Waals surface area contributed by atoms with Gasteiger partial charge in [-0.1, -0.05) is 0 Å². The molecular formula is C13H19FN2O2. The molecule has 0 heterocycles. The lowest BCUT2D eigenvalue weighted by atomic mass is 10.0. The molecule has 1 aromatic carbocycles. The van der Waals surface area contributed by atoms with Crippen molar-refractivity contribution in [1.29, 1.82) is 0 Å². The van der Waals surface area contributed by atoms with Gasteiger partial charge in [-0.2, -0.15) is 0 Å². The lowest BCUT2D eigenvalue weighted by Gasteiger charge is -2.34. The monoisotopic (exact) mass is 254 g/mol. The molecule has 5 heteroatoms. The van der Waals surface area contributed by atoms with Gasteiger partial charge in [-0.05, 0) is 32.9 Å². The Kier molecular flexibility index (Phi) is 3.96. The van der Waals surface area contributed by atoms with Crippen molar-refractivity contribution in [3.05, 3.63) is 29.1 Å². The number of benzene rings is 1. The smallest absolute Gasteiger partial charge is 0.254 e. The van der Waals surface area contributed by atoms with E-state index < -0.39 is 11.4 Å². The molecule has 0 aliphatic carbocycles. The molecule has 1 rings (SSSR count). The Morgan fingerprint density at radius 2 is 2.06 bits per heavy atom. The molecule has 0 saturated heterocycles. The zero-order valence-corrected chi connectivity index (χ0v) is 11.1. The summed E-state index contributed by atoms with van der Waals surface area (Å²) in [7, 11) is 1.56. The number of aliphatic hydroxyl groups is 1. The predicted octanol–water partition coefficient (Wildman–Crippen LogP) is 1.56. The zero-order valence-electron chi connectivity index (χ0n) is 11.1. The van der Waals surface area contributed by atoms with Gasteiger partial charge in [-0.3, -0.25) is 4.79 Å². The van der Waals surface area contributed by atoms with Crippen LogP contribution in [-0.4, -0.2) is 35.1 Å². The van der Waals surface area contributed by atoms with E-state index in [9.17, 15) is 14.3 Å². The van der Waals surface area contributed by atoms with E-state index in [-0.39, 0.29) is 23.8 Å². The highest BCUT2D eigenvalue weighted by molar-refractivity contribution is 5.95.